The Bertz CT molecular complexity index is 716. The van der Waals surface area contributed by atoms with Crippen LogP contribution in [0.25, 0.3) is 0 Å². The van der Waals surface area contributed by atoms with Crippen molar-refractivity contribution in [3.63, 3.8) is 0 Å². The van der Waals surface area contributed by atoms with Gasteiger partial charge in [-0.1, -0.05) is 6.07 Å². The Hall–Kier alpha value is -2.41. The largest absolute Gasteiger partial charge is 0.454 e. The Morgan fingerprint density at radius 1 is 1.29 bits per heavy atom. The van der Waals surface area contributed by atoms with Crippen molar-refractivity contribution >= 4 is 28.0 Å². The molecular formula is C14H11BrN4O2. The minimum absolute atomic E-state index is 0.229. The fourth-order valence-corrected chi connectivity index (χ4v) is 2.18. The monoisotopic (exact) mass is 346 g/mol. The van der Waals surface area contributed by atoms with Gasteiger partial charge in [0.2, 0.25) is 6.79 Å². The van der Waals surface area contributed by atoms with E-state index in [2.05, 4.69) is 31.1 Å². The van der Waals surface area contributed by atoms with Crippen LogP contribution < -0.4 is 15.2 Å². The van der Waals surface area contributed by atoms with Crippen molar-refractivity contribution in [3.05, 3.63) is 52.3 Å². The van der Waals surface area contributed by atoms with E-state index < -0.39 is 0 Å². The molecule has 3 rings (SSSR count). The van der Waals surface area contributed by atoms with Crippen LogP contribution in [0.5, 0.6) is 11.5 Å². The average molecular weight is 347 g/mol. The zero-order valence-electron chi connectivity index (χ0n) is 10.9. The van der Waals surface area contributed by atoms with E-state index in [-0.39, 0.29) is 12.6 Å². The smallest absolute Gasteiger partial charge is 0.231 e. The third-order valence-electron chi connectivity index (χ3n) is 2.78. The molecular weight excluding hydrogens is 336 g/mol. The van der Waals surface area contributed by atoms with Gasteiger partial charge in [0.05, 0.1) is 6.21 Å². The van der Waals surface area contributed by atoms with Gasteiger partial charge in [0.1, 0.15) is 5.69 Å². The molecule has 21 heavy (non-hydrogen) atoms. The predicted molar refractivity (Wildman–Crippen MR) is 82.8 cm³/mol. The molecule has 1 aromatic heterocycles. The number of nitrogens with two attached hydrogens (primary N) is 1. The summed E-state index contributed by atoms with van der Waals surface area (Å²) in [6, 6.07) is 9.06. The summed E-state index contributed by atoms with van der Waals surface area (Å²) in [5.74, 6) is 1.64. The Labute approximate surface area is 129 Å². The highest BCUT2D eigenvalue weighted by Gasteiger charge is 2.15. The molecule has 0 amide bonds. The number of ether oxygens (including phenoxy) is 2. The van der Waals surface area contributed by atoms with Crippen molar-refractivity contribution in [3.8, 4) is 11.5 Å². The molecule has 1 aliphatic heterocycles. The number of fused-ring (bicyclic) bond motifs is 1. The van der Waals surface area contributed by atoms with E-state index in [4.69, 9.17) is 15.2 Å². The topological polar surface area (TPSA) is 82.1 Å². The SMILES string of the molecule is N/C(=N\N=C\c1cc2c(cc1Br)OCO2)c1ccccn1. The third-order valence-corrected chi connectivity index (χ3v) is 3.47. The lowest BCUT2D eigenvalue weighted by Gasteiger charge is -2.00. The summed E-state index contributed by atoms with van der Waals surface area (Å²) >= 11 is 3.44. The molecule has 0 aliphatic carbocycles. The van der Waals surface area contributed by atoms with Crippen molar-refractivity contribution in [1.29, 1.82) is 0 Å². The number of pyridine rings is 1. The summed E-state index contributed by atoms with van der Waals surface area (Å²) in [6.07, 6.45) is 3.23. The van der Waals surface area contributed by atoms with Crippen LogP contribution in [-0.4, -0.2) is 23.8 Å². The molecule has 106 valence electrons. The van der Waals surface area contributed by atoms with Crippen molar-refractivity contribution in [2.75, 3.05) is 6.79 Å². The van der Waals surface area contributed by atoms with Crippen molar-refractivity contribution in [2.45, 2.75) is 0 Å². The van der Waals surface area contributed by atoms with Gasteiger partial charge in [-0.15, -0.1) is 5.10 Å². The molecule has 7 heteroatoms. The zero-order chi connectivity index (χ0) is 14.7. The Morgan fingerprint density at radius 3 is 2.86 bits per heavy atom. The maximum atomic E-state index is 5.80. The fourth-order valence-electron chi connectivity index (χ4n) is 1.75. The number of hydrogen-bond acceptors (Lipinski definition) is 5. The van der Waals surface area contributed by atoms with Gasteiger partial charge >= 0.3 is 0 Å². The molecule has 0 bridgehead atoms. The van der Waals surface area contributed by atoms with Crippen LogP contribution in [0.15, 0.2) is 51.2 Å². The first kappa shape index (κ1) is 13.6. The molecule has 1 aromatic carbocycles. The van der Waals surface area contributed by atoms with Crippen LogP contribution in [0.4, 0.5) is 0 Å². The second kappa shape index (κ2) is 5.92. The van der Waals surface area contributed by atoms with Crippen LogP contribution in [0.1, 0.15) is 11.3 Å². The number of hydrogen-bond donors (Lipinski definition) is 1. The van der Waals surface area contributed by atoms with Gasteiger partial charge in [0.25, 0.3) is 0 Å². The molecule has 0 saturated heterocycles. The van der Waals surface area contributed by atoms with E-state index >= 15 is 0 Å². The van der Waals surface area contributed by atoms with E-state index in [0.717, 1.165) is 10.0 Å². The van der Waals surface area contributed by atoms with E-state index in [1.807, 2.05) is 24.3 Å². The minimum atomic E-state index is 0.229. The molecule has 2 heterocycles. The normalized spacial score (nSPS) is 13.9. The van der Waals surface area contributed by atoms with Crippen LogP contribution >= 0.6 is 15.9 Å². The summed E-state index contributed by atoms with van der Waals surface area (Å²) < 4.78 is 11.4. The summed E-state index contributed by atoms with van der Waals surface area (Å²) in [5, 5.41) is 7.91. The molecule has 2 aromatic rings. The molecule has 0 saturated carbocycles. The first-order valence-corrected chi connectivity index (χ1v) is 6.90. The standard InChI is InChI=1S/C14H11BrN4O2/c15-10-6-13-12(20-8-21-13)5-9(10)7-18-19-14(16)11-3-1-2-4-17-11/h1-7H,8H2,(H2,16,19)/b18-7+. The van der Waals surface area contributed by atoms with Gasteiger partial charge in [-0.05, 0) is 40.2 Å². The number of rotatable bonds is 3. The molecule has 1 aliphatic rings. The highest BCUT2D eigenvalue weighted by atomic mass is 79.9. The molecule has 0 radical (unpaired) electrons. The quantitative estimate of drug-likeness (QED) is 0.525. The second-order valence-corrected chi connectivity index (χ2v) is 5.03. The molecule has 0 atom stereocenters. The summed E-state index contributed by atoms with van der Waals surface area (Å²) in [4.78, 5) is 4.09. The highest BCUT2D eigenvalue weighted by molar-refractivity contribution is 9.10. The Balaban J connectivity index is 1.81. The molecule has 0 unspecified atom stereocenters. The molecule has 6 nitrogen and oxygen atoms in total. The maximum absolute atomic E-state index is 5.80. The number of halogens is 1. The van der Waals surface area contributed by atoms with Gasteiger partial charge in [0, 0.05) is 16.2 Å². The van der Waals surface area contributed by atoms with Gasteiger partial charge in [-0.25, -0.2) is 0 Å². The van der Waals surface area contributed by atoms with Crippen LogP contribution in [-0.2, 0) is 0 Å². The number of nitrogens with zero attached hydrogens (tertiary/aromatic N) is 3. The summed E-state index contributed by atoms with van der Waals surface area (Å²) in [5.41, 5.74) is 7.20. The van der Waals surface area contributed by atoms with Crippen LogP contribution in [0.3, 0.4) is 0 Å². The number of aromatic nitrogens is 1. The van der Waals surface area contributed by atoms with E-state index in [9.17, 15) is 0 Å². The minimum Gasteiger partial charge on any atom is -0.454 e. The lowest BCUT2D eigenvalue weighted by Crippen LogP contribution is -2.14. The van der Waals surface area contributed by atoms with Crippen molar-refractivity contribution in [2.24, 2.45) is 15.9 Å². The van der Waals surface area contributed by atoms with E-state index in [0.29, 0.717) is 17.2 Å². The van der Waals surface area contributed by atoms with Gasteiger partial charge < -0.3 is 15.2 Å². The zero-order valence-corrected chi connectivity index (χ0v) is 12.4. The van der Waals surface area contributed by atoms with Gasteiger partial charge in [-0.3, -0.25) is 4.98 Å². The number of amidine groups is 1. The van der Waals surface area contributed by atoms with Gasteiger partial charge in [-0.2, -0.15) is 5.10 Å². The highest BCUT2D eigenvalue weighted by Crippen LogP contribution is 2.36. The van der Waals surface area contributed by atoms with Crippen LogP contribution in [0, 0.1) is 0 Å². The summed E-state index contributed by atoms with van der Waals surface area (Å²) in [7, 11) is 0. The predicted octanol–water partition coefficient (Wildman–Crippen LogP) is 2.31. The number of benzene rings is 1. The first-order chi connectivity index (χ1) is 10.2. The van der Waals surface area contributed by atoms with Crippen molar-refractivity contribution in [1.82, 2.24) is 4.98 Å². The van der Waals surface area contributed by atoms with E-state index in [1.165, 1.54) is 0 Å². The van der Waals surface area contributed by atoms with E-state index in [1.54, 1.807) is 18.5 Å². The molecule has 0 spiro atoms. The van der Waals surface area contributed by atoms with Crippen molar-refractivity contribution < 1.29 is 9.47 Å². The molecule has 0 fully saturated rings. The maximum Gasteiger partial charge on any atom is 0.231 e. The first-order valence-electron chi connectivity index (χ1n) is 6.11. The Morgan fingerprint density at radius 2 is 2.10 bits per heavy atom. The van der Waals surface area contributed by atoms with Crippen LogP contribution in [0.2, 0.25) is 0 Å². The third kappa shape index (κ3) is 3.03. The second-order valence-electron chi connectivity index (χ2n) is 4.17. The summed E-state index contributed by atoms with van der Waals surface area (Å²) in [6.45, 7) is 0.229. The lowest BCUT2D eigenvalue weighted by molar-refractivity contribution is 0.174. The molecule has 2 N–H and O–H groups in total. The van der Waals surface area contributed by atoms with Gasteiger partial charge in [0.15, 0.2) is 17.3 Å². The fraction of sp³-hybridized carbons (Fsp3) is 0.0714. The lowest BCUT2D eigenvalue weighted by atomic mass is 10.2. The Kier molecular flexibility index (Phi) is 3.83. The average Bonchev–Trinajstić information content (AvgIpc) is 2.95.